The van der Waals surface area contributed by atoms with Gasteiger partial charge in [-0.15, -0.1) is 0 Å². The fourth-order valence-corrected chi connectivity index (χ4v) is 3.36. The van der Waals surface area contributed by atoms with Crippen molar-refractivity contribution < 1.29 is 22.8 Å². The van der Waals surface area contributed by atoms with Gasteiger partial charge in [0.1, 0.15) is 0 Å². The van der Waals surface area contributed by atoms with E-state index in [2.05, 4.69) is 25.6 Å². The summed E-state index contributed by atoms with van der Waals surface area (Å²) >= 11 is 0. The summed E-state index contributed by atoms with van der Waals surface area (Å²) in [6.07, 6.45) is 0.640. The van der Waals surface area contributed by atoms with Gasteiger partial charge in [0.2, 0.25) is 0 Å². The molecule has 0 saturated heterocycles. The molecule has 1 aromatic carbocycles. The summed E-state index contributed by atoms with van der Waals surface area (Å²) in [5, 5.41) is 0. The van der Waals surface area contributed by atoms with Crippen LogP contribution in [-0.4, -0.2) is 42.7 Å². The first-order chi connectivity index (χ1) is 10.9. The Morgan fingerprint density at radius 3 is 1.96 bits per heavy atom. The number of ether oxygens (including phenoxy) is 1. The predicted molar refractivity (Wildman–Crippen MR) is 93.2 cm³/mol. The van der Waals surface area contributed by atoms with Crippen LogP contribution in [0.3, 0.4) is 0 Å². The van der Waals surface area contributed by atoms with Crippen LogP contribution in [0.15, 0.2) is 42.5 Å². The molecular formula is C17H28O5Si. The minimum Gasteiger partial charge on any atom is -0.462 e. The van der Waals surface area contributed by atoms with E-state index in [-0.39, 0.29) is 5.97 Å². The fraction of sp³-hybridized carbons (Fsp3) is 0.471. The van der Waals surface area contributed by atoms with Crippen LogP contribution in [0.1, 0.15) is 18.9 Å². The average Bonchev–Trinajstić information content (AvgIpc) is 2.56. The van der Waals surface area contributed by atoms with E-state index in [4.69, 9.17) is 18.0 Å². The number of carbonyl (C=O) groups excluding carboxylic acids is 1. The van der Waals surface area contributed by atoms with Crippen LogP contribution in [0, 0.1) is 6.92 Å². The molecule has 0 unspecified atom stereocenters. The summed E-state index contributed by atoms with van der Waals surface area (Å²) in [6, 6.07) is 10.9. The number of hydrogen-bond donors (Lipinski definition) is 0. The maximum Gasteiger partial charge on any atom is 0.500 e. The molecule has 0 aliphatic heterocycles. The number of rotatable bonds is 8. The highest BCUT2D eigenvalue weighted by Gasteiger charge is 2.36. The molecule has 0 fully saturated rings. The Balaban J connectivity index is 0.000000568. The van der Waals surface area contributed by atoms with Gasteiger partial charge in [-0.2, -0.15) is 0 Å². The zero-order valence-electron chi connectivity index (χ0n) is 14.8. The van der Waals surface area contributed by atoms with Crippen molar-refractivity contribution in [1.29, 1.82) is 0 Å². The number of esters is 1. The molecule has 23 heavy (non-hydrogen) atoms. The third-order valence-corrected chi connectivity index (χ3v) is 5.91. The summed E-state index contributed by atoms with van der Waals surface area (Å²) < 4.78 is 20.6. The second-order valence-electron chi connectivity index (χ2n) is 4.97. The third-order valence-electron chi connectivity index (χ3n) is 3.08. The molecule has 0 radical (unpaired) electrons. The molecule has 0 bridgehead atoms. The van der Waals surface area contributed by atoms with Gasteiger partial charge in [-0.3, -0.25) is 0 Å². The van der Waals surface area contributed by atoms with Gasteiger partial charge in [0.05, 0.1) is 6.61 Å². The standard InChI is InChI=1S/C10H20O5Si.C7H8/c1-9(2)10(11)15-7-6-8-16(12-3,13-4)14-5;1-7-5-3-2-4-6-7/h1,6-8H2,2-5H3;2-6H,1H3. The van der Waals surface area contributed by atoms with Crippen LogP contribution in [0.2, 0.25) is 6.04 Å². The van der Waals surface area contributed by atoms with E-state index < -0.39 is 8.80 Å². The molecule has 130 valence electrons. The van der Waals surface area contributed by atoms with Gasteiger partial charge in [-0.05, 0) is 20.3 Å². The van der Waals surface area contributed by atoms with Crippen LogP contribution in [0.25, 0.3) is 0 Å². The van der Waals surface area contributed by atoms with Gasteiger partial charge in [-0.1, -0.05) is 42.5 Å². The highest BCUT2D eigenvalue weighted by atomic mass is 28.4. The van der Waals surface area contributed by atoms with Crippen molar-refractivity contribution in [3.63, 3.8) is 0 Å². The highest BCUT2D eigenvalue weighted by Crippen LogP contribution is 2.14. The van der Waals surface area contributed by atoms with Gasteiger partial charge in [-0.25, -0.2) is 4.79 Å². The molecule has 1 aromatic rings. The largest absolute Gasteiger partial charge is 0.500 e. The van der Waals surface area contributed by atoms with E-state index in [1.54, 1.807) is 28.3 Å². The minimum atomic E-state index is -2.53. The molecule has 0 N–H and O–H groups in total. The lowest BCUT2D eigenvalue weighted by atomic mass is 10.2. The summed E-state index contributed by atoms with van der Waals surface area (Å²) in [6.45, 7) is 7.50. The lowest BCUT2D eigenvalue weighted by Gasteiger charge is -2.24. The first-order valence-electron chi connectivity index (χ1n) is 7.40. The molecule has 6 heteroatoms. The van der Waals surface area contributed by atoms with Gasteiger partial charge >= 0.3 is 14.8 Å². The molecule has 0 aromatic heterocycles. The minimum absolute atomic E-state index is 0.316. The quantitative estimate of drug-likeness (QED) is 0.314. The Hall–Kier alpha value is -1.47. The van der Waals surface area contributed by atoms with Crippen LogP contribution in [0.4, 0.5) is 0 Å². The Morgan fingerprint density at radius 1 is 1.09 bits per heavy atom. The van der Waals surface area contributed by atoms with Gasteiger partial charge in [0.25, 0.3) is 0 Å². The molecule has 0 saturated carbocycles. The van der Waals surface area contributed by atoms with Gasteiger partial charge < -0.3 is 18.0 Å². The zero-order chi connectivity index (χ0) is 17.7. The molecular weight excluding hydrogens is 312 g/mol. The second kappa shape index (κ2) is 12.0. The number of aryl methyl sites for hydroxylation is 1. The number of benzene rings is 1. The smallest absolute Gasteiger partial charge is 0.462 e. The number of carbonyl (C=O) groups is 1. The topological polar surface area (TPSA) is 54.0 Å². The van der Waals surface area contributed by atoms with Crippen molar-refractivity contribution in [3.05, 3.63) is 48.0 Å². The van der Waals surface area contributed by atoms with Crippen molar-refractivity contribution in [2.45, 2.75) is 26.3 Å². The van der Waals surface area contributed by atoms with E-state index in [9.17, 15) is 4.79 Å². The van der Waals surface area contributed by atoms with E-state index in [1.807, 2.05) is 18.2 Å². The van der Waals surface area contributed by atoms with Gasteiger partial charge in [0, 0.05) is 32.9 Å². The van der Waals surface area contributed by atoms with Crippen molar-refractivity contribution in [3.8, 4) is 0 Å². The van der Waals surface area contributed by atoms with Crippen molar-refractivity contribution in [2.75, 3.05) is 27.9 Å². The lowest BCUT2D eigenvalue weighted by Crippen LogP contribution is -2.42. The monoisotopic (exact) mass is 340 g/mol. The predicted octanol–water partition coefficient (Wildman–Crippen LogP) is 3.37. The Kier molecular flexibility index (Phi) is 11.2. The molecule has 0 amide bonds. The second-order valence-corrected chi connectivity index (χ2v) is 8.06. The molecule has 0 heterocycles. The zero-order valence-corrected chi connectivity index (χ0v) is 15.8. The van der Waals surface area contributed by atoms with Crippen molar-refractivity contribution in [1.82, 2.24) is 0 Å². The van der Waals surface area contributed by atoms with Crippen LogP contribution < -0.4 is 0 Å². The Labute approximate surface area is 140 Å². The normalized spacial score (nSPS) is 10.5. The molecule has 0 atom stereocenters. The number of hydrogen-bond acceptors (Lipinski definition) is 5. The van der Waals surface area contributed by atoms with Crippen LogP contribution in [-0.2, 0) is 22.8 Å². The summed E-state index contributed by atoms with van der Waals surface area (Å²) in [5.41, 5.74) is 1.72. The van der Waals surface area contributed by atoms with Crippen molar-refractivity contribution in [2.24, 2.45) is 0 Å². The SMILES string of the molecule is C=C(C)C(=O)OCCC[Si](OC)(OC)OC.Cc1ccccc1. The molecule has 5 nitrogen and oxygen atoms in total. The van der Waals surface area contributed by atoms with Gasteiger partial charge in [0.15, 0.2) is 0 Å². The van der Waals surface area contributed by atoms with Crippen LogP contribution in [0.5, 0.6) is 0 Å². The van der Waals surface area contributed by atoms with E-state index >= 15 is 0 Å². The third kappa shape index (κ3) is 9.30. The molecule has 0 aliphatic rings. The highest BCUT2D eigenvalue weighted by molar-refractivity contribution is 6.60. The Bertz CT molecular complexity index is 449. The van der Waals surface area contributed by atoms with Crippen LogP contribution >= 0.6 is 0 Å². The first-order valence-corrected chi connectivity index (χ1v) is 9.33. The molecule has 1 rings (SSSR count). The average molecular weight is 340 g/mol. The van der Waals surface area contributed by atoms with E-state index in [0.29, 0.717) is 24.6 Å². The fourth-order valence-electron chi connectivity index (χ4n) is 1.67. The van der Waals surface area contributed by atoms with Crippen molar-refractivity contribution >= 4 is 14.8 Å². The molecule has 0 aliphatic carbocycles. The van der Waals surface area contributed by atoms with E-state index in [0.717, 1.165) is 0 Å². The molecule has 0 spiro atoms. The lowest BCUT2D eigenvalue weighted by molar-refractivity contribution is -0.139. The summed E-state index contributed by atoms with van der Waals surface area (Å²) in [4.78, 5) is 11.1. The van der Waals surface area contributed by atoms with E-state index in [1.165, 1.54) is 5.56 Å². The summed E-state index contributed by atoms with van der Waals surface area (Å²) in [5.74, 6) is -0.375. The first kappa shape index (κ1) is 21.5. The Morgan fingerprint density at radius 2 is 1.61 bits per heavy atom. The maximum absolute atomic E-state index is 11.1. The maximum atomic E-state index is 11.1. The summed E-state index contributed by atoms with van der Waals surface area (Å²) in [7, 11) is 2.13.